The summed E-state index contributed by atoms with van der Waals surface area (Å²) in [5.74, 6) is 1.49. The van der Waals surface area contributed by atoms with E-state index in [2.05, 4.69) is 30.3 Å². The van der Waals surface area contributed by atoms with Gasteiger partial charge in [0.1, 0.15) is 0 Å². The van der Waals surface area contributed by atoms with Crippen LogP contribution in [0.4, 0.5) is 0 Å². The lowest BCUT2D eigenvalue weighted by molar-refractivity contribution is -0.726. The van der Waals surface area contributed by atoms with Gasteiger partial charge in [0.25, 0.3) is 5.52 Å². The summed E-state index contributed by atoms with van der Waals surface area (Å²) in [6, 6.07) is 28.4. The second-order valence-electron chi connectivity index (χ2n) is 6.29. The lowest BCUT2D eigenvalue weighted by atomic mass is 10.1. The Morgan fingerprint density at radius 3 is 2.35 bits per heavy atom. The molecule has 4 nitrogen and oxygen atoms in total. The minimum Gasteiger partial charge on any atom is -0.299 e. The van der Waals surface area contributed by atoms with Gasteiger partial charge in [-0.3, -0.25) is 9.68 Å². The largest absolute Gasteiger partial charge is 0.299 e. The molecule has 2 heterocycles. The van der Waals surface area contributed by atoms with Crippen molar-refractivity contribution in [1.82, 2.24) is 0 Å². The number of benzene rings is 3. The molecule has 1 aliphatic rings. The SMILES string of the molecule is Cc1ccc2cccc3c2[n+]1N(Oc1ccc(-c2ccccc2)cc1)O3. The fraction of sp³-hybridized carbons (Fsp3) is 0.0455. The maximum atomic E-state index is 5.99. The Hall–Kier alpha value is -3.53. The number of pyridine rings is 1. The van der Waals surface area contributed by atoms with Gasteiger partial charge in [-0.1, -0.05) is 48.5 Å². The highest BCUT2D eigenvalue weighted by atomic mass is 17.0. The third-order valence-corrected chi connectivity index (χ3v) is 4.56. The average Bonchev–Trinajstić information content (AvgIpc) is 3.06. The van der Waals surface area contributed by atoms with Crippen molar-refractivity contribution in [1.29, 1.82) is 0 Å². The first kappa shape index (κ1) is 14.8. The minimum absolute atomic E-state index is 0.710. The fourth-order valence-corrected chi connectivity index (χ4v) is 3.26. The van der Waals surface area contributed by atoms with Crippen molar-refractivity contribution in [3.8, 4) is 22.6 Å². The summed E-state index contributed by atoms with van der Waals surface area (Å²) in [6.45, 7) is 2.03. The number of hydrogen-bond donors (Lipinski definition) is 0. The van der Waals surface area contributed by atoms with Gasteiger partial charge < -0.3 is 0 Å². The highest BCUT2D eigenvalue weighted by Gasteiger charge is 2.36. The Morgan fingerprint density at radius 1 is 0.769 bits per heavy atom. The molecule has 1 aromatic heterocycles. The van der Waals surface area contributed by atoms with Crippen LogP contribution in [0.1, 0.15) is 5.69 Å². The third kappa shape index (κ3) is 2.35. The molecule has 0 unspecified atom stereocenters. The second kappa shape index (κ2) is 5.77. The third-order valence-electron chi connectivity index (χ3n) is 4.56. The van der Waals surface area contributed by atoms with E-state index in [-0.39, 0.29) is 0 Å². The van der Waals surface area contributed by atoms with Crippen LogP contribution < -0.4 is 19.7 Å². The van der Waals surface area contributed by atoms with Gasteiger partial charge in [0.2, 0.25) is 16.8 Å². The Morgan fingerprint density at radius 2 is 1.54 bits per heavy atom. The van der Waals surface area contributed by atoms with Crippen molar-refractivity contribution in [3.05, 3.63) is 90.6 Å². The Balaban J connectivity index is 1.46. The van der Waals surface area contributed by atoms with Gasteiger partial charge in [0.05, 0.1) is 5.39 Å². The van der Waals surface area contributed by atoms with Crippen LogP contribution in [0.15, 0.2) is 84.9 Å². The molecule has 126 valence electrons. The molecule has 0 spiro atoms. The number of nitrogens with zero attached hydrogens (tertiary/aromatic N) is 2. The van der Waals surface area contributed by atoms with Crippen LogP contribution in [0.5, 0.6) is 11.5 Å². The van der Waals surface area contributed by atoms with Gasteiger partial charge in [-0.2, -0.15) is 0 Å². The van der Waals surface area contributed by atoms with E-state index in [4.69, 9.17) is 9.68 Å². The first-order valence-corrected chi connectivity index (χ1v) is 8.56. The van der Waals surface area contributed by atoms with E-state index < -0.39 is 0 Å². The minimum atomic E-state index is 0.710. The van der Waals surface area contributed by atoms with Crippen LogP contribution in [-0.2, 0) is 0 Å². The smallest absolute Gasteiger partial charge is 0.295 e. The monoisotopic (exact) mass is 341 g/mol. The van der Waals surface area contributed by atoms with Crippen molar-refractivity contribution >= 4 is 10.9 Å². The molecule has 0 radical (unpaired) electrons. The molecule has 1 aliphatic heterocycles. The summed E-state index contributed by atoms with van der Waals surface area (Å²) in [5, 5.41) is 2.54. The molecule has 0 amide bonds. The van der Waals surface area contributed by atoms with Gasteiger partial charge in [0, 0.05) is 13.0 Å². The number of rotatable bonds is 3. The van der Waals surface area contributed by atoms with Crippen molar-refractivity contribution in [2.75, 3.05) is 5.34 Å². The molecule has 0 fully saturated rings. The highest BCUT2D eigenvalue weighted by molar-refractivity contribution is 5.82. The number of aromatic nitrogens is 1. The van der Waals surface area contributed by atoms with Gasteiger partial charge in [-0.25, -0.2) is 0 Å². The molecule has 5 rings (SSSR count). The lowest BCUT2D eigenvalue weighted by Crippen LogP contribution is -2.59. The quantitative estimate of drug-likeness (QED) is 0.518. The average molecular weight is 341 g/mol. The maximum Gasteiger partial charge on any atom is 0.295 e. The zero-order valence-electron chi connectivity index (χ0n) is 14.3. The number of aryl methyl sites for hydroxylation is 1. The Labute approximate surface area is 151 Å². The molecular formula is C22H17N2O2+. The second-order valence-corrected chi connectivity index (χ2v) is 6.29. The van der Waals surface area contributed by atoms with Crippen molar-refractivity contribution in [3.63, 3.8) is 0 Å². The normalized spacial score (nSPS) is 12.3. The van der Waals surface area contributed by atoms with Crippen LogP contribution in [-0.4, -0.2) is 0 Å². The summed E-state index contributed by atoms with van der Waals surface area (Å²) in [5.41, 5.74) is 4.37. The Bertz CT molecular complexity index is 1090. The summed E-state index contributed by atoms with van der Waals surface area (Å²) in [7, 11) is 0. The van der Waals surface area contributed by atoms with Gasteiger partial charge in [0.15, 0.2) is 5.75 Å². The van der Waals surface area contributed by atoms with E-state index >= 15 is 0 Å². The van der Waals surface area contributed by atoms with E-state index in [9.17, 15) is 0 Å². The number of para-hydroxylation sites is 1. The highest BCUT2D eigenvalue weighted by Crippen LogP contribution is 2.28. The zero-order chi connectivity index (χ0) is 17.5. The predicted molar refractivity (Wildman–Crippen MR) is 100 cm³/mol. The maximum absolute atomic E-state index is 5.99. The standard InChI is InChI=1S/C22H17N2O2/c1-16-10-11-19-8-5-9-21-22(19)23(16)24(26-21)25-20-14-12-18(13-15-20)17-6-3-2-4-7-17/h2-15H,1H3/q+1. The summed E-state index contributed by atoms with van der Waals surface area (Å²) in [6.07, 6.45) is 0. The van der Waals surface area contributed by atoms with Gasteiger partial charge in [-0.05, 0) is 46.1 Å². The molecule has 26 heavy (non-hydrogen) atoms. The topological polar surface area (TPSA) is 25.6 Å². The molecule has 0 bridgehead atoms. The summed E-state index contributed by atoms with van der Waals surface area (Å²) < 4.78 is 1.94. The van der Waals surface area contributed by atoms with Crippen molar-refractivity contribution in [2.24, 2.45) is 0 Å². The van der Waals surface area contributed by atoms with E-state index in [0.717, 1.165) is 27.9 Å². The fourth-order valence-electron chi connectivity index (χ4n) is 3.26. The predicted octanol–water partition coefficient (Wildman–Crippen LogP) is 4.34. The van der Waals surface area contributed by atoms with E-state index in [1.165, 1.54) is 10.9 Å². The van der Waals surface area contributed by atoms with Gasteiger partial charge >= 0.3 is 0 Å². The van der Waals surface area contributed by atoms with Crippen molar-refractivity contribution in [2.45, 2.75) is 6.92 Å². The van der Waals surface area contributed by atoms with Crippen LogP contribution in [0.3, 0.4) is 0 Å². The summed E-state index contributed by atoms with van der Waals surface area (Å²) >= 11 is 0. The molecule has 4 aromatic rings. The first-order valence-electron chi connectivity index (χ1n) is 8.56. The van der Waals surface area contributed by atoms with E-state index in [0.29, 0.717) is 5.75 Å². The lowest BCUT2D eigenvalue weighted by Gasteiger charge is -2.11. The Kier molecular flexibility index (Phi) is 3.28. The molecule has 0 N–H and O–H groups in total. The molecule has 4 heteroatoms. The molecule has 3 aromatic carbocycles. The first-order chi connectivity index (χ1) is 12.8. The van der Waals surface area contributed by atoms with Gasteiger partial charge in [-0.15, -0.1) is 0 Å². The van der Waals surface area contributed by atoms with Crippen LogP contribution in [0.25, 0.3) is 22.0 Å². The van der Waals surface area contributed by atoms with Crippen LogP contribution in [0.2, 0.25) is 0 Å². The van der Waals surface area contributed by atoms with E-state index in [1.54, 1.807) is 0 Å². The molecule has 0 atom stereocenters. The molecular weight excluding hydrogens is 324 g/mol. The molecule has 0 aliphatic carbocycles. The van der Waals surface area contributed by atoms with Crippen LogP contribution in [0, 0.1) is 6.92 Å². The van der Waals surface area contributed by atoms with E-state index in [1.807, 2.05) is 66.2 Å². The van der Waals surface area contributed by atoms with Crippen molar-refractivity contribution < 1.29 is 14.4 Å². The molecule has 0 saturated carbocycles. The van der Waals surface area contributed by atoms with Crippen LogP contribution >= 0.6 is 0 Å². The zero-order valence-corrected chi connectivity index (χ0v) is 14.3. The summed E-state index contributed by atoms with van der Waals surface area (Å²) in [4.78, 5) is 11.9. The number of hydrogen-bond acceptors (Lipinski definition) is 3. The molecule has 0 saturated heterocycles.